The third kappa shape index (κ3) is 3.58. The Morgan fingerprint density at radius 1 is 1.20 bits per heavy atom. The minimum Gasteiger partial charge on any atom is -0.445 e. The Balaban J connectivity index is 1.41. The van der Waals surface area contributed by atoms with E-state index in [1.807, 2.05) is 54.6 Å². The molecule has 0 saturated carbocycles. The smallest absolute Gasteiger partial charge is 0.410 e. The topological polar surface area (TPSA) is 59.0 Å². The predicted molar refractivity (Wildman–Crippen MR) is 121 cm³/mol. The van der Waals surface area contributed by atoms with E-state index >= 15 is 0 Å². The van der Waals surface area contributed by atoms with Crippen molar-refractivity contribution in [3.8, 4) is 0 Å². The van der Waals surface area contributed by atoms with E-state index in [0.29, 0.717) is 13.1 Å². The van der Waals surface area contributed by atoms with Crippen molar-refractivity contribution in [2.45, 2.75) is 36.1 Å². The Bertz CT molecular complexity index is 952. The number of ether oxygens (including phenoxy) is 1. The number of para-hydroxylation sites is 1. The highest BCUT2D eigenvalue weighted by molar-refractivity contribution is 9.10. The summed E-state index contributed by atoms with van der Waals surface area (Å²) in [5, 5.41) is 0. The summed E-state index contributed by atoms with van der Waals surface area (Å²) in [6.45, 7) is 3.56. The van der Waals surface area contributed by atoms with Crippen LogP contribution in [0.1, 0.15) is 30.9 Å². The maximum atomic E-state index is 12.5. The average molecular weight is 469 g/mol. The first-order valence-electron chi connectivity index (χ1n) is 10.2. The first-order chi connectivity index (χ1) is 14.5. The number of aliphatic imine (C=N–C) groups is 1. The normalized spacial score (nSPS) is 22.9. The van der Waals surface area contributed by atoms with Crippen molar-refractivity contribution < 1.29 is 14.3 Å². The van der Waals surface area contributed by atoms with Crippen LogP contribution in [-0.4, -0.2) is 40.9 Å². The van der Waals surface area contributed by atoms with Gasteiger partial charge in [0.15, 0.2) is 0 Å². The second-order valence-corrected chi connectivity index (χ2v) is 9.79. The van der Waals surface area contributed by atoms with Crippen LogP contribution >= 0.6 is 15.9 Å². The van der Waals surface area contributed by atoms with E-state index in [9.17, 15) is 9.59 Å². The number of aldehydes is 1. The van der Waals surface area contributed by atoms with Gasteiger partial charge in [0.1, 0.15) is 18.3 Å². The summed E-state index contributed by atoms with van der Waals surface area (Å²) in [5.74, 6) is 0.207. The van der Waals surface area contributed by atoms with E-state index in [-0.39, 0.29) is 18.6 Å². The van der Waals surface area contributed by atoms with Gasteiger partial charge in [0.25, 0.3) is 0 Å². The number of carbonyl (C=O) groups is 2. The molecule has 2 atom stereocenters. The molecular formula is C24H25BrN2O3. The summed E-state index contributed by atoms with van der Waals surface area (Å²) in [5.41, 5.74) is 1.94. The van der Waals surface area contributed by atoms with E-state index < -0.39 is 9.74 Å². The quantitative estimate of drug-likeness (QED) is 0.455. The molecule has 2 unspecified atom stereocenters. The van der Waals surface area contributed by atoms with E-state index in [4.69, 9.17) is 4.74 Å². The van der Waals surface area contributed by atoms with Gasteiger partial charge in [-0.3, -0.25) is 4.99 Å². The molecule has 0 spiro atoms. The third-order valence-corrected chi connectivity index (χ3v) is 7.78. The summed E-state index contributed by atoms with van der Waals surface area (Å²) in [4.78, 5) is 31.1. The molecule has 0 bridgehead atoms. The zero-order valence-electron chi connectivity index (χ0n) is 17.0. The second-order valence-electron chi connectivity index (χ2n) is 8.14. The molecule has 6 heteroatoms. The fourth-order valence-corrected chi connectivity index (χ4v) is 5.40. The van der Waals surface area contributed by atoms with Gasteiger partial charge in [0, 0.05) is 23.6 Å². The van der Waals surface area contributed by atoms with Crippen LogP contribution in [0.5, 0.6) is 0 Å². The molecule has 0 radical (unpaired) electrons. The molecule has 1 amide bonds. The number of hydrogen-bond acceptors (Lipinski definition) is 4. The predicted octanol–water partition coefficient (Wildman–Crippen LogP) is 5.04. The van der Waals surface area contributed by atoms with Crippen molar-refractivity contribution in [2.24, 2.45) is 10.9 Å². The molecule has 1 saturated heterocycles. The molecule has 0 aliphatic carbocycles. The first kappa shape index (κ1) is 20.8. The number of nitrogens with zero attached hydrogens (tertiary/aromatic N) is 2. The Morgan fingerprint density at radius 3 is 2.57 bits per heavy atom. The maximum Gasteiger partial charge on any atom is 0.410 e. The molecule has 2 aliphatic heterocycles. The van der Waals surface area contributed by atoms with Gasteiger partial charge in [-0.1, -0.05) is 64.5 Å². The molecule has 1 fully saturated rings. The van der Waals surface area contributed by atoms with E-state index in [2.05, 4.69) is 27.8 Å². The van der Waals surface area contributed by atoms with Crippen LogP contribution in [-0.2, 0) is 21.6 Å². The number of benzene rings is 2. The van der Waals surface area contributed by atoms with Crippen molar-refractivity contribution in [3.63, 3.8) is 0 Å². The van der Waals surface area contributed by atoms with Gasteiger partial charge in [-0.05, 0) is 42.9 Å². The fraction of sp³-hybridized carbons (Fsp3) is 0.375. The minimum atomic E-state index is -0.815. The van der Waals surface area contributed by atoms with E-state index in [1.165, 1.54) is 0 Å². The van der Waals surface area contributed by atoms with Gasteiger partial charge >= 0.3 is 6.09 Å². The van der Waals surface area contributed by atoms with Crippen LogP contribution in [0.25, 0.3) is 0 Å². The minimum absolute atomic E-state index is 0.207. The van der Waals surface area contributed by atoms with Crippen molar-refractivity contribution in [3.05, 3.63) is 65.7 Å². The standard InChI is InChI=1S/C24H25BrN2O3/c1-23(25,24(17-28)16-26-21-10-6-5-9-20(21)24)19-11-13-27(14-12-19)22(29)30-15-18-7-3-2-4-8-18/h2-10,16-17,19H,11-15H2,1H3. The van der Waals surface area contributed by atoms with Crippen LogP contribution in [0.15, 0.2) is 59.6 Å². The molecule has 2 aromatic rings. The Hall–Kier alpha value is -2.47. The lowest BCUT2D eigenvalue weighted by Crippen LogP contribution is -2.54. The average Bonchev–Trinajstić information content (AvgIpc) is 3.19. The van der Waals surface area contributed by atoms with Crippen LogP contribution < -0.4 is 0 Å². The van der Waals surface area contributed by atoms with Gasteiger partial charge < -0.3 is 14.4 Å². The van der Waals surface area contributed by atoms with Gasteiger partial charge in [0.2, 0.25) is 0 Å². The van der Waals surface area contributed by atoms with Gasteiger partial charge in [-0.15, -0.1) is 0 Å². The molecule has 0 N–H and O–H groups in total. The van der Waals surface area contributed by atoms with E-state index in [0.717, 1.165) is 35.9 Å². The molecule has 4 rings (SSSR count). The molecular weight excluding hydrogens is 444 g/mol. The summed E-state index contributed by atoms with van der Waals surface area (Å²) in [7, 11) is 0. The Morgan fingerprint density at radius 2 is 1.87 bits per heavy atom. The lowest BCUT2D eigenvalue weighted by atomic mass is 9.66. The number of rotatable bonds is 5. The van der Waals surface area contributed by atoms with Crippen molar-refractivity contribution >= 4 is 40.2 Å². The van der Waals surface area contributed by atoms with Crippen molar-refractivity contribution in [1.29, 1.82) is 0 Å². The summed E-state index contributed by atoms with van der Waals surface area (Å²) in [6, 6.07) is 17.5. The highest BCUT2D eigenvalue weighted by Crippen LogP contribution is 2.52. The van der Waals surface area contributed by atoms with Gasteiger partial charge in [-0.2, -0.15) is 0 Å². The first-order valence-corrected chi connectivity index (χ1v) is 11.0. The molecule has 0 aromatic heterocycles. The molecule has 2 aromatic carbocycles. The number of halogens is 1. The van der Waals surface area contributed by atoms with E-state index in [1.54, 1.807) is 11.1 Å². The number of alkyl halides is 1. The number of hydrogen-bond donors (Lipinski definition) is 0. The van der Waals surface area contributed by atoms with Gasteiger partial charge in [0.05, 0.1) is 5.69 Å². The zero-order valence-corrected chi connectivity index (χ0v) is 18.5. The lowest BCUT2D eigenvalue weighted by molar-refractivity contribution is -0.111. The summed E-state index contributed by atoms with van der Waals surface area (Å²) >= 11 is 3.92. The number of likely N-dealkylation sites (tertiary alicyclic amines) is 1. The Labute approximate surface area is 185 Å². The monoisotopic (exact) mass is 468 g/mol. The van der Waals surface area contributed by atoms with Crippen LogP contribution in [0.2, 0.25) is 0 Å². The molecule has 156 valence electrons. The molecule has 30 heavy (non-hydrogen) atoms. The third-order valence-electron chi connectivity index (χ3n) is 6.48. The number of piperidine rings is 1. The van der Waals surface area contributed by atoms with Crippen molar-refractivity contribution in [1.82, 2.24) is 4.90 Å². The molecule has 2 aliphatic rings. The summed E-state index contributed by atoms with van der Waals surface area (Å²) in [6.07, 6.45) is 4.07. The van der Waals surface area contributed by atoms with Crippen LogP contribution in [0.3, 0.4) is 0 Å². The maximum absolute atomic E-state index is 12.5. The number of carbonyl (C=O) groups excluding carboxylic acids is 2. The largest absolute Gasteiger partial charge is 0.445 e. The molecule has 2 heterocycles. The lowest BCUT2D eigenvalue weighted by Gasteiger charge is -2.46. The fourth-order valence-electron chi connectivity index (χ4n) is 4.53. The Kier molecular flexibility index (Phi) is 5.78. The second kappa shape index (κ2) is 8.34. The zero-order chi connectivity index (χ0) is 21.2. The SMILES string of the molecule is CC(Br)(C1CCN(C(=O)OCc2ccccc2)CC1)C1(C=O)C=Nc2ccccc21. The number of amides is 1. The number of fused-ring (bicyclic) bond motifs is 1. The van der Waals surface area contributed by atoms with Gasteiger partial charge in [-0.25, -0.2) is 4.79 Å². The molecule has 5 nitrogen and oxygen atoms in total. The van der Waals surface area contributed by atoms with Crippen LogP contribution in [0.4, 0.5) is 10.5 Å². The van der Waals surface area contributed by atoms with Crippen LogP contribution in [0, 0.1) is 5.92 Å². The highest BCUT2D eigenvalue weighted by atomic mass is 79.9. The highest BCUT2D eigenvalue weighted by Gasteiger charge is 2.54. The summed E-state index contributed by atoms with van der Waals surface area (Å²) < 4.78 is 4.97. The van der Waals surface area contributed by atoms with Crippen molar-refractivity contribution in [2.75, 3.05) is 13.1 Å².